The third-order valence-corrected chi connectivity index (χ3v) is 3.90. The molecule has 0 unspecified atom stereocenters. The summed E-state index contributed by atoms with van der Waals surface area (Å²) in [4.78, 5) is 36.5. The van der Waals surface area contributed by atoms with Gasteiger partial charge in [-0.2, -0.15) is 0 Å². The Morgan fingerprint density at radius 1 is 1.10 bits per heavy atom. The third kappa shape index (κ3) is 5.34. The lowest BCUT2D eigenvalue weighted by molar-refractivity contribution is -0.384. The predicted molar refractivity (Wildman–Crippen MR) is 106 cm³/mol. The first-order valence-corrected chi connectivity index (χ1v) is 8.41. The number of hydrogen-bond acceptors (Lipinski definition) is 8. The van der Waals surface area contributed by atoms with Crippen LogP contribution in [0.25, 0.3) is 0 Å². The van der Waals surface area contributed by atoms with E-state index in [-0.39, 0.29) is 11.3 Å². The molecule has 0 spiro atoms. The van der Waals surface area contributed by atoms with Gasteiger partial charge < -0.3 is 24.4 Å². The van der Waals surface area contributed by atoms with E-state index in [1.165, 1.54) is 26.4 Å². The van der Waals surface area contributed by atoms with Gasteiger partial charge in [-0.15, -0.1) is 0 Å². The number of nitrogens with zero attached hydrogens (tertiary/aromatic N) is 2. The Hall–Kier alpha value is -3.82. The van der Waals surface area contributed by atoms with E-state index in [0.29, 0.717) is 22.9 Å². The number of benzene rings is 2. The number of nitro benzene ring substituents is 1. The molecule has 0 bridgehead atoms. The van der Waals surface area contributed by atoms with Crippen LogP contribution in [0, 0.1) is 10.1 Å². The highest BCUT2D eigenvalue weighted by molar-refractivity contribution is 5.97. The van der Waals surface area contributed by atoms with E-state index in [1.807, 2.05) is 0 Å². The van der Waals surface area contributed by atoms with Gasteiger partial charge in [0.15, 0.2) is 6.61 Å². The Morgan fingerprint density at radius 3 is 2.41 bits per heavy atom. The summed E-state index contributed by atoms with van der Waals surface area (Å²) in [6, 6.07) is 8.79. The topological polar surface area (TPSA) is 120 Å². The first-order chi connectivity index (χ1) is 13.8. The summed E-state index contributed by atoms with van der Waals surface area (Å²) >= 11 is 0. The van der Waals surface area contributed by atoms with Gasteiger partial charge in [0.05, 0.1) is 30.4 Å². The summed E-state index contributed by atoms with van der Waals surface area (Å²) in [5.41, 5.74) is 0.414. The minimum atomic E-state index is -0.855. The van der Waals surface area contributed by atoms with Crippen LogP contribution < -0.4 is 19.7 Å². The van der Waals surface area contributed by atoms with E-state index in [0.717, 1.165) is 6.07 Å². The van der Waals surface area contributed by atoms with Crippen LogP contribution in [0.5, 0.6) is 11.5 Å². The molecule has 2 rings (SSSR count). The van der Waals surface area contributed by atoms with Crippen molar-refractivity contribution in [1.29, 1.82) is 0 Å². The number of anilines is 2. The molecule has 2 aromatic rings. The highest BCUT2D eigenvalue weighted by atomic mass is 16.6. The first kappa shape index (κ1) is 21.5. The Bertz CT molecular complexity index is 928. The van der Waals surface area contributed by atoms with Crippen molar-refractivity contribution in [2.24, 2.45) is 0 Å². The van der Waals surface area contributed by atoms with Crippen molar-refractivity contribution in [3.05, 3.63) is 52.1 Å². The number of amides is 1. The number of ether oxygens (including phenoxy) is 3. The van der Waals surface area contributed by atoms with Gasteiger partial charge in [0.2, 0.25) is 0 Å². The lowest BCUT2D eigenvalue weighted by Crippen LogP contribution is -2.21. The molecule has 0 aliphatic heterocycles. The number of nitro groups is 1. The fraction of sp³-hybridized carbons (Fsp3) is 0.263. The van der Waals surface area contributed by atoms with Gasteiger partial charge in [0.25, 0.3) is 11.6 Å². The molecule has 0 aliphatic rings. The predicted octanol–water partition coefficient (Wildman–Crippen LogP) is 2.47. The molecule has 0 aromatic heterocycles. The number of carbonyl (C=O) groups is 2. The van der Waals surface area contributed by atoms with Crippen LogP contribution in [0.15, 0.2) is 36.4 Å². The maximum atomic E-state index is 12.2. The fourth-order valence-corrected chi connectivity index (χ4v) is 2.49. The SMILES string of the molecule is COc1ccc(OC)c(NC(=O)COC(=O)c2ccc(N(C)C)c([N+](=O)[O-])c2)c1. The van der Waals surface area contributed by atoms with Crippen LogP contribution in [-0.4, -0.2) is 51.7 Å². The number of nitrogens with one attached hydrogen (secondary N) is 1. The molecule has 1 amide bonds. The molecule has 1 N–H and O–H groups in total. The summed E-state index contributed by atoms with van der Waals surface area (Å²) in [6.45, 7) is -0.581. The van der Waals surface area contributed by atoms with E-state index in [4.69, 9.17) is 14.2 Å². The summed E-state index contributed by atoms with van der Waals surface area (Å²) in [5, 5.41) is 13.8. The van der Waals surface area contributed by atoms with Crippen LogP contribution in [-0.2, 0) is 9.53 Å². The van der Waals surface area contributed by atoms with Crippen LogP contribution in [0.3, 0.4) is 0 Å². The molecular weight excluding hydrogens is 382 g/mol. The van der Waals surface area contributed by atoms with E-state index in [9.17, 15) is 19.7 Å². The second kappa shape index (κ2) is 9.40. The number of esters is 1. The average Bonchev–Trinajstić information content (AvgIpc) is 2.71. The number of hydrogen-bond donors (Lipinski definition) is 1. The highest BCUT2D eigenvalue weighted by Gasteiger charge is 2.20. The monoisotopic (exact) mass is 403 g/mol. The molecule has 2 aromatic carbocycles. The molecule has 0 atom stereocenters. The molecule has 0 radical (unpaired) electrons. The van der Waals surface area contributed by atoms with Gasteiger partial charge in [0.1, 0.15) is 17.2 Å². The molecule has 0 fully saturated rings. The lowest BCUT2D eigenvalue weighted by Gasteiger charge is -2.13. The van der Waals surface area contributed by atoms with E-state index in [2.05, 4.69) is 5.32 Å². The molecule has 0 heterocycles. The molecule has 10 nitrogen and oxygen atoms in total. The molecule has 0 saturated carbocycles. The molecule has 29 heavy (non-hydrogen) atoms. The van der Waals surface area contributed by atoms with Crippen molar-refractivity contribution in [1.82, 2.24) is 0 Å². The first-order valence-electron chi connectivity index (χ1n) is 8.41. The zero-order chi connectivity index (χ0) is 21.6. The van der Waals surface area contributed by atoms with Gasteiger partial charge in [0, 0.05) is 26.2 Å². The molecule has 0 aliphatic carbocycles. The van der Waals surface area contributed by atoms with Crippen molar-refractivity contribution in [3.8, 4) is 11.5 Å². The molecule has 154 valence electrons. The second-order valence-corrected chi connectivity index (χ2v) is 6.05. The smallest absolute Gasteiger partial charge is 0.338 e. The van der Waals surface area contributed by atoms with Gasteiger partial charge in [-0.05, 0) is 24.3 Å². The van der Waals surface area contributed by atoms with Crippen molar-refractivity contribution in [3.63, 3.8) is 0 Å². The van der Waals surface area contributed by atoms with Crippen LogP contribution in [0.1, 0.15) is 10.4 Å². The fourth-order valence-electron chi connectivity index (χ4n) is 2.49. The van der Waals surface area contributed by atoms with Gasteiger partial charge >= 0.3 is 5.97 Å². The summed E-state index contributed by atoms with van der Waals surface area (Å²) in [7, 11) is 6.23. The Balaban J connectivity index is 2.07. The molecule has 0 saturated heterocycles. The van der Waals surface area contributed by atoms with Crippen molar-refractivity contribution in [2.75, 3.05) is 45.1 Å². The van der Waals surface area contributed by atoms with E-state index < -0.39 is 23.4 Å². The van der Waals surface area contributed by atoms with Crippen molar-refractivity contribution in [2.45, 2.75) is 0 Å². The maximum absolute atomic E-state index is 12.2. The summed E-state index contributed by atoms with van der Waals surface area (Å²) in [5.74, 6) is -0.553. The number of methoxy groups -OCH3 is 2. The third-order valence-electron chi connectivity index (χ3n) is 3.90. The Morgan fingerprint density at radius 2 is 1.83 bits per heavy atom. The number of rotatable bonds is 8. The zero-order valence-corrected chi connectivity index (χ0v) is 16.4. The minimum Gasteiger partial charge on any atom is -0.497 e. The highest BCUT2D eigenvalue weighted by Crippen LogP contribution is 2.29. The average molecular weight is 403 g/mol. The van der Waals surface area contributed by atoms with Gasteiger partial charge in [-0.25, -0.2) is 4.79 Å². The molecular formula is C19H21N3O7. The number of carbonyl (C=O) groups excluding carboxylic acids is 2. The second-order valence-electron chi connectivity index (χ2n) is 6.05. The quantitative estimate of drug-likeness (QED) is 0.405. The van der Waals surface area contributed by atoms with Gasteiger partial charge in [-0.1, -0.05) is 0 Å². The van der Waals surface area contributed by atoms with Crippen LogP contribution in [0.4, 0.5) is 17.1 Å². The summed E-state index contributed by atoms with van der Waals surface area (Å²) < 4.78 is 15.2. The van der Waals surface area contributed by atoms with Crippen LogP contribution in [0.2, 0.25) is 0 Å². The Kier molecular flexibility index (Phi) is 6.96. The minimum absolute atomic E-state index is 0.0333. The normalized spacial score (nSPS) is 10.1. The maximum Gasteiger partial charge on any atom is 0.338 e. The van der Waals surface area contributed by atoms with E-state index in [1.54, 1.807) is 37.2 Å². The standard InChI is InChI=1S/C19H21N3O7/c1-21(2)15-7-5-12(9-16(15)22(25)26)19(24)29-11-18(23)20-14-10-13(27-3)6-8-17(14)28-4/h5-10H,11H2,1-4H3,(H,20,23). The van der Waals surface area contributed by atoms with Gasteiger partial charge in [-0.3, -0.25) is 14.9 Å². The largest absolute Gasteiger partial charge is 0.497 e. The summed E-state index contributed by atoms with van der Waals surface area (Å²) in [6.07, 6.45) is 0. The zero-order valence-electron chi connectivity index (χ0n) is 16.4. The lowest BCUT2D eigenvalue weighted by atomic mass is 10.1. The van der Waals surface area contributed by atoms with E-state index >= 15 is 0 Å². The molecule has 10 heteroatoms. The van der Waals surface area contributed by atoms with Crippen molar-refractivity contribution < 1.29 is 28.7 Å². The van der Waals surface area contributed by atoms with Crippen LogP contribution >= 0.6 is 0 Å². The Labute approximate surface area is 167 Å². The van der Waals surface area contributed by atoms with Crippen molar-refractivity contribution >= 4 is 28.9 Å².